The molecule has 6 nitrogen and oxygen atoms in total. The van der Waals surface area contributed by atoms with E-state index >= 15 is 0 Å². The molecule has 2 N–H and O–H groups in total. The van der Waals surface area contributed by atoms with E-state index in [4.69, 9.17) is 5.11 Å². The van der Waals surface area contributed by atoms with Gasteiger partial charge in [-0.1, -0.05) is 6.42 Å². The highest BCUT2D eigenvalue weighted by Crippen LogP contribution is 2.31. The van der Waals surface area contributed by atoms with Gasteiger partial charge in [-0.2, -0.15) is 12.7 Å². The lowest BCUT2D eigenvalue weighted by Crippen LogP contribution is -2.44. The zero-order valence-electron chi connectivity index (χ0n) is 11.1. The molecule has 1 rings (SSSR count). The molecule has 0 aliphatic heterocycles. The summed E-state index contributed by atoms with van der Waals surface area (Å²) in [6, 6.07) is -0.124. The molecule has 0 saturated heterocycles. The lowest BCUT2D eigenvalue weighted by molar-refractivity contribution is -0.142. The van der Waals surface area contributed by atoms with Gasteiger partial charge in [0.15, 0.2) is 0 Å². The van der Waals surface area contributed by atoms with E-state index in [0.29, 0.717) is 6.42 Å². The van der Waals surface area contributed by atoms with Gasteiger partial charge < -0.3 is 5.11 Å². The predicted octanol–water partition coefficient (Wildman–Crippen LogP) is 0.662. The molecule has 1 aliphatic carbocycles. The summed E-state index contributed by atoms with van der Waals surface area (Å²) in [5.41, 5.74) is 0. The van der Waals surface area contributed by atoms with E-state index in [0.717, 1.165) is 12.8 Å². The minimum absolute atomic E-state index is 0.0992. The van der Waals surface area contributed by atoms with Crippen LogP contribution in [0.4, 0.5) is 0 Å². The van der Waals surface area contributed by atoms with Crippen LogP contribution in [0.25, 0.3) is 0 Å². The average molecular weight is 278 g/mol. The topological polar surface area (TPSA) is 86.7 Å². The molecule has 0 radical (unpaired) electrons. The van der Waals surface area contributed by atoms with Crippen molar-refractivity contribution in [2.75, 3.05) is 13.6 Å². The first-order chi connectivity index (χ1) is 8.25. The molecule has 0 bridgehead atoms. The smallest absolute Gasteiger partial charge is 0.306 e. The van der Waals surface area contributed by atoms with Crippen molar-refractivity contribution in [1.82, 2.24) is 9.03 Å². The van der Waals surface area contributed by atoms with Gasteiger partial charge in [0.1, 0.15) is 0 Å². The normalized spacial score (nSPS) is 24.9. The summed E-state index contributed by atoms with van der Waals surface area (Å²) in [6.45, 7) is 3.78. The lowest BCUT2D eigenvalue weighted by atomic mass is 9.97. The quantitative estimate of drug-likeness (QED) is 0.747. The summed E-state index contributed by atoms with van der Waals surface area (Å²) < 4.78 is 27.5. The second-order valence-electron chi connectivity index (χ2n) is 5.10. The molecule has 106 valence electrons. The number of carboxylic acids is 1. The fourth-order valence-corrected chi connectivity index (χ4v) is 3.38. The van der Waals surface area contributed by atoms with Crippen LogP contribution < -0.4 is 4.72 Å². The van der Waals surface area contributed by atoms with Crippen LogP contribution in [-0.4, -0.2) is 43.4 Å². The third-order valence-electron chi connectivity index (χ3n) is 3.61. The van der Waals surface area contributed by atoms with E-state index in [2.05, 4.69) is 4.72 Å². The van der Waals surface area contributed by atoms with Gasteiger partial charge in [-0.15, -0.1) is 0 Å². The fraction of sp³-hybridized carbons (Fsp3) is 0.909. The Balaban J connectivity index is 2.57. The Morgan fingerprint density at radius 2 is 2.06 bits per heavy atom. The summed E-state index contributed by atoms with van der Waals surface area (Å²) in [6.07, 6.45) is 2.26. The summed E-state index contributed by atoms with van der Waals surface area (Å²) in [7, 11) is -2.00. The SMILES string of the molecule is CC(C)N(C)S(=O)(=O)NCC1CCCC1C(=O)O. The number of carbonyl (C=O) groups is 1. The standard InChI is InChI=1S/C11H22N2O4S/c1-8(2)13(3)18(16,17)12-7-9-5-4-6-10(9)11(14)15/h8-10,12H,4-7H2,1-3H3,(H,14,15). The predicted molar refractivity (Wildman–Crippen MR) is 68.3 cm³/mol. The van der Waals surface area contributed by atoms with Crippen molar-refractivity contribution in [3.05, 3.63) is 0 Å². The van der Waals surface area contributed by atoms with Crippen LogP contribution in [0.5, 0.6) is 0 Å². The number of carboxylic acid groups (broad SMARTS) is 1. The van der Waals surface area contributed by atoms with Gasteiger partial charge in [0.2, 0.25) is 0 Å². The molecule has 2 unspecified atom stereocenters. The van der Waals surface area contributed by atoms with Gasteiger partial charge in [0.25, 0.3) is 10.2 Å². The summed E-state index contributed by atoms with van der Waals surface area (Å²) in [4.78, 5) is 11.0. The highest BCUT2D eigenvalue weighted by atomic mass is 32.2. The average Bonchev–Trinajstić information content (AvgIpc) is 2.73. The first kappa shape index (κ1) is 15.4. The summed E-state index contributed by atoms with van der Waals surface area (Å²) >= 11 is 0. The van der Waals surface area contributed by atoms with Crippen LogP contribution in [0.2, 0.25) is 0 Å². The molecular weight excluding hydrogens is 256 g/mol. The number of hydrogen-bond acceptors (Lipinski definition) is 3. The number of hydrogen-bond donors (Lipinski definition) is 2. The van der Waals surface area contributed by atoms with Gasteiger partial charge >= 0.3 is 5.97 Å². The highest BCUT2D eigenvalue weighted by Gasteiger charge is 2.34. The zero-order chi connectivity index (χ0) is 13.9. The lowest BCUT2D eigenvalue weighted by Gasteiger charge is -2.23. The van der Waals surface area contributed by atoms with Crippen molar-refractivity contribution in [3.8, 4) is 0 Å². The third-order valence-corrected chi connectivity index (χ3v) is 5.32. The Hall–Kier alpha value is -0.660. The molecule has 1 saturated carbocycles. The summed E-state index contributed by atoms with van der Waals surface area (Å²) in [5.74, 6) is -1.34. The fourth-order valence-electron chi connectivity index (χ4n) is 2.20. The molecular formula is C11H22N2O4S. The Bertz CT molecular complexity index is 394. The maximum atomic E-state index is 11.9. The van der Waals surface area contributed by atoms with E-state index in [1.807, 2.05) is 0 Å². The van der Waals surface area contributed by atoms with Crippen molar-refractivity contribution in [3.63, 3.8) is 0 Å². The molecule has 1 fully saturated rings. The van der Waals surface area contributed by atoms with Gasteiger partial charge in [0.05, 0.1) is 5.92 Å². The minimum atomic E-state index is -3.51. The molecule has 0 aromatic rings. The van der Waals surface area contributed by atoms with Crippen LogP contribution in [0.1, 0.15) is 33.1 Å². The van der Waals surface area contributed by atoms with Gasteiger partial charge in [-0.3, -0.25) is 4.79 Å². The van der Waals surface area contributed by atoms with Crippen molar-refractivity contribution in [2.45, 2.75) is 39.2 Å². The van der Waals surface area contributed by atoms with E-state index in [1.165, 1.54) is 11.4 Å². The number of nitrogens with zero attached hydrogens (tertiary/aromatic N) is 1. The van der Waals surface area contributed by atoms with E-state index in [1.54, 1.807) is 13.8 Å². The molecule has 0 spiro atoms. The molecule has 0 heterocycles. The molecule has 1 aliphatic rings. The Morgan fingerprint density at radius 1 is 1.44 bits per heavy atom. The molecule has 0 amide bonds. The molecule has 2 atom stereocenters. The largest absolute Gasteiger partial charge is 0.481 e. The monoisotopic (exact) mass is 278 g/mol. The maximum Gasteiger partial charge on any atom is 0.306 e. The first-order valence-corrected chi connectivity index (χ1v) is 7.65. The van der Waals surface area contributed by atoms with Crippen LogP contribution >= 0.6 is 0 Å². The molecule has 7 heteroatoms. The van der Waals surface area contributed by atoms with Crippen LogP contribution in [-0.2, 0) is 15.0 Å². The number of rotatable bonds is 6. The minimum Gasteiger partial charge on any atom is -0.481 e. The van der Waals surface area contributed by atoms with Gasteiger partial charge in [0, 0.05) is 19.6 Å². The van der Waals surface area contributed by atoms with Gasteiger partial charge in [-0.05, 0) is 32.6 Å². The van der Waals surface area contributed by atoms with E-state index in [-0.39, 0.29) is 18.5 Å². The van der Waals surface area contributed by atoms with Crippen LogP contribution in [0, 0.1) is 11.8 Å². The van der Waals surface area contributed by atoms with Gasteiger partial charge in [-0.25, -0.2) is 4.72 Å². The van der Waals surface area contributed by atoms with Crippen molar-refractivity contribution < 1.29 is 18.3 Å². The van der Waals surface area contributed by atoms with E-state index in [9.17, 15) is 13.2 Å². The highest BCUT2D eigenvalue weighted by molar-refractivity contribution is 7.87. The second-order valence-corrected chi connectivity index (χ2v) is 6.91. The zero-order valence-corrected chi connectivity index (χ0v) is 11.9. The third kappa shape index (κ3) is 3.66. The second kappa shape index (κ2) is 5.99. The maximum absolute atomic E-state index is 11.9. The number of nitrogens with one attached hydrogen (secondary N) is 1. The first-order valence-electron chi connectivity index (χ1n) is 6.21. The van der Waals surface area contributed by atoms with Crippen LogP contribution in [0.15, 0.2) is 0 Å². The molecule has 0 aromatic heterocycles. The van der Waals surface area contributed by atoms with Crippen molar-refractivity contribution in [2.24, 2.45) is 11.8 Å². The van der Waals surface area contributed by atoms with E-state index < -0.39 is 22.1 Å². The summed E-state index contributed by atoms with van der Waals surface area (Å²) in [5, 5.41) is 9.02. The van der Waals surface area contributed by atoms with Crippen molar-refractivity contribution in [1.29, 1.82) is 0 Å². The Kier molecular flexibility index (Phi) is 5.12. The number of aliphatic carboxylic acids is 1. The van der Waals surface area contributed by atoms with Crippen molar-refractivity contribution >= 4 is 16.2 Å². The molecule has 0 aromatic carbocycles. The Morgan fingerprint density at radius 3 is 2.56 bits per heavy atom. The van der Waals surface area contributed by atoms with Crippen LogP contribution in [0.3, 0.4) is 0 Å². The molecule has 18 heavy (non-hydrogen) atoms. The Labute approximate surface area is 109 Å².